The molecule has 1 N–H and O–H groups in total. The van der Waals surface area contributed by atoms with Crippen LogP contribution in [0.15, 0.2) is 30.5 Å². The number of imidazole rings is 1. The highest BCUT2D eigenvalue weighted by molar-refractivity contribution is 5.94. The van der Waals surface area contributed by atoms with E-state index in [2.05, 4.69) is 19.9 Å². The first-order valence-corrected chi connectivity index (χ1v) is 10.6. The monoisotopic (exact) mass is 405 g/mol. The predicted molar refractivity (Wildman–Crippen MR) is 109 cm³/mol. The summed E-state index contributed by atoms with van der Waals surface area (Å²) in [4.78, 5) is 31.8. The van der Waals surface area contributed by atoms with Crippen LogP contribution < -0.4 is 4.90 Å². The van der Waals surface area contributed by atoms with Crippen LogP contribution in [0.3, 0.4) is 0 Å². The van der Waals surface area contributed by atoms with Gasteiger partial charge in [0.15, 0.2) is 5.65 Å². The molecule has 0 radical (unpaired) electrons. The van der Waals surface area contributed by atoms with Crippen molar-refractivity contribution in [1.82, 2.24) is 19.9 Å². The number of hydrogen-bond donors (Lipinski definition) is 1. The molecule has 0 amide bonds. The van der Waals surface area contributed by atoms with Crippen molar-refractivity contribution in [2.45, 2.75) is 37.2 Å². The lowest BCUT2D eigenvalue weighted by Crippen LogP contribution is -2.37. The zero-order valence-electron chi connectivity index (χ0n) is 16.6. The Bertz CT molecular complexity index is 1110. The second-order valence-electron chi connectivity index (χ2n) is 8.33. The van der Waals surface area contributed by atoms with Crippen molar-refractivity contribution in [3.05, 3.63) is 47.4 Å². The maximum atomic E-state index is 12.3. The molecule has 8 heteroatoms. The molecule has 30 heavy (non-hydrogen) atoms. The van der Waals surface area contributed by atoms with Crippen LogP contribution in [0.5, 0.6) is 0 Å². The average Bonchev–Trinajstić information content (AvgIpc) is 3.34. The summed E-state index contributed by atoms with van der Waals surface area (Å²) in [6, 6.07) is 7.77. The molecule has 3 aromatic rings. The molecular formula is C22H23N5O3. The molecule has 2 fully saturated rings. The molecule has 154 valence electrons. The first-order chi connectivity index (χ1) is 14.7. The number of fused-ring (bicyclic) bond motifs is 3. The van der Waals surface area contributed by atoms with E-state index in [-0.39, 0.29) is 5.97 Å². The highest BCUT2D eigenvalue weighted by Crippen LogP contribution is 2.49. The molecule has 1 aliphatic carbocycles. The molecule has 2 aliphatic heterocycles. The molecule has 1 saturated heterocycles. The van der Waals surface area contributed by atoms with Gasteiger partial charge in [-0.15, -0.1) is 0 Å². The molecule has 0 atom stereocenters. The number of H-pyrrole nitrogens is 1. The van der Waals surface area contributed by atoms with Crippen LogP contribution in [0.25, 0.3) is 11.2 Å². The third-order valence-corrected chi connectivity index (χ3v) is 6.64. The quantitative estimate of drug-likeness (QED) is 0.655. The van der Waals surface area contributed by atoms with Crippen LogP contribution in [0.2, 0.25) is 0 Å². The van der Waals surface area contributed by atoms with E-state index in [0.29, 0.717) is 36.3 Å². The number of carbonyl (C=O) groups is 1. The molecule has 8 nitrogen and oxygen atoms in total. The Morgan fingerprint density at radius 1 is 1.10 bits per heavy atom. The maximum Gasteiger partial charge on any atom is 0.339 e. The van der Waals surface area contributed by atoms with Gasteiger partial charge >= 0.3 is 5.97 Å². The van der Waals surface area contributed by atoms with Gasteiger partial charge in [0.05, 0.1) is 25.0 Å². The number of aromatic nitrogens is 4. The van der Waals surface area contributed by atoms with Crippen molar-refractivity contribution >= 4 is 23.1 Å². The summed E-state index contributed by atoms with van der Waals surface area (Å²) in [5.74, 6) is 1.76. The van der Waals surface area contributed by atoms with Crippen LogP contribution in [0.1, 0.15) is 53.3 Å². The minimum absolute atomic E-state index is 0.196. The number of ether oxygens (including phenoxy) is 2. The maximum absolute atomic E-state index is 12.3. The highest BCUT2D eigenvalue weighted by Gasteiger charge is 2.47. The zero-order valence-corrected chi connectivity index (χ0v) is 16.6. The van der Waals surface area contributed by atoms with E-state index in [1.807, 2.05) is 30.5 Å². The Labute approximate surface area is 173 Å². The molecule has 1 aromatic carbocycles. The third-order valence-electron chi connectivity index (χ3n) is 6.64. The number of esters is 1. The summed E-state index contributed by atoms with van der Waals surface area (Å²) in [6.45, 7) is 3.00. The number of aromatic amines is 1. The number of morpholine rings is 1. The molecular weight excluding hydrogens is 382 g/mol. The van der Waals surface area contributed by atoms with Crippen molar-refractivity contribution in [3.8, 4) is 0 Å². The van der Waals surface area contributed by atoms with Crippen LogP contribution >= 0.6 is 0 Å². The third kappa shape index (κ3) is 2.78. The van der Waals surface area contributed by atoms with E-state index < -0.39 is 5.60 Å². The van der Waals surface area contributed by atoms with Crippen molar-refractivity contribution in [1.29, 1.82) is 0 Å². The largest absolute Gasteiger partial charge is 0.451 e. The fraction of sp³-hybridized carbons (Fsp3) is 0.455. The predicted octanol–water partition coefficient (Wildman–Crippen LogP) is 2.91. The molecule has 1 spiro atoms. The van der Waals surface area contributed by atoms with E-state index in [0.717, 1.165) is 55.7 Å². The molecule has 2 aromatic heterocycles. The Balaban J connectivity index is 1.22. The fourth-order valence-corrected chi connectivity index (χ4v) is 5.00. The number of rotatable bonds is 2. The number of carbonyl (C=O) groups excluding carboxylic acids is 1. The Kier molecular flexibility index (Phi) is 4.02. The summed E-state index contributed by atoms with van der Waals surface area (Å²) in [6.07, 6.45) is 5.25. The van der Waals surface area contributed by atoms with Gasteiger partial charge in [-0.2, -0.15) is 4.98 Å². The van der Waals surface area contributed by atoms with Gasteiger partial charge in [-0.3, -0.25) is 0 Å². The van der Waals surface area contributed by atoms with Crippen molar-refractivity contribution < 1.29 is 14.3 Å². The van der Waals surface area contributed by atoms with E-state index in [1.54, 1.807) is 0 Å². The second-order valence-corrected chi connectivity index (χ2v) is 8.33. The summed E-state index contributed by atoms with van der Waals surface area (Å²) in [5.41, 5.74) is 2.85. The Morgan fingerprint density at radius 2 is 1.90 bits per heavy atom. The first-order valence-electron chi connectivity index (χ1n) is 10.6. The molecule has 3 aliphatic rings. The second kappa shape index (κ2) is 6.77. The Morgan fingerprint density at radius 3 is 2.73 bits per heavy atom. The number of benzene rings is 1. The number of nitrogens with one attached hydrogen (secondary N) is 1. The number of hydrogen-bond acceptors (Lipinski definition) is 7. The molecule has 6 rings (SSSR count). The lowest BCUT2D eigenvalue weighted by atomic mass is 9.75. The lowest BCUT2D eigenvalue weighted by Gasteiger charge is -2.35. The average molecular weight is 405 g/mol. The van der Waals surface area contributed by atoms with Gasteiger partial charge in [-0.25, -0.2) is 14.8 Å². The van der Waals surface area contributed by atoms with E-state index in [1.165, 1.54) is 0 Å². The minimum atomic E-state index is -0.473. The minimum Gasteiger partial charge on any atom is -0.451 e. The number of anilines is 1. The van der Waals surface area contributed by atoms with Gasteiger partial charge in [0.1, 0.15) is 16.9 Å². The fourth-order valence-electron chi connectivity index (χ4n) is 5.00. The van der Waals surface area contributed by atoms with Crippen LogP contribution in [0.4, 0.5) is 5.95 Å². The van der Waals surface area contributed by atoms with E-state index >= 15 is 0 Å². The van der Waals surface area contributed by atoms with E-state index in [4.69, 9.17) is 14.5 Å². The summed E-state index contributed by atoms with van der Waals surface area (Å²) in [5, 5.41) is 0. The Hall–Kier alpha value is -3.00. The highest BCUT2D eigenvalue weighted by atomic mass is 16.6. The number of nitrogens with zero attached hydrogens (tertiary/aromatic N) is 4. The lowest BCUT2D eigenvalue weighted by molar-refractivity contribution is -0.0312. The topological polar surface area (TPSA) is 93.2 Å². The van der Waals surface area contributed by atoms with Gasteiger partial charge in [0.2, 0.25) is 5.95 Å². The molecule has 0 bridgehead atoms. The van der Waals surface area contributed by atoms with Gasteiger partial charge in [-0.1, -0.05) is 18.2 Å². The SMILES string of the molecule is O=C1OC2(CCC(c3nc4nc(N5CCOCC5)ncc4[nH]3)CC2)c2ccccc21. The van der Waals surface area contributed by atoms with Gasteiger partial charge in [0.25, 0.3) is 0 Å². The van der Waals surface area contributed by atoms with Crippen LogP contribution in [-0.2, 0) is 15.1 Å². The standard InChI is InChI=1S/C22H23N5O3/c28-20-15-3-1-2-4-16(15)22(30-20)7-5-14(6-8-22)18-24-17-13-23-21(26-19(17)25-18)27-9-11-29-12-10-27/h1-4,13-14H,5-12H2,(H,23,24,25,26). The molecule has 4 heterocycles. The van der Waals surface area contributed by atoms with Gasteiger partial charge in [-0.05, 0) is 31.7 Å². The smallest absolute Gasteiger partial charge is 0.339 e. The van der Waals surface area contributed by atoms with Crippen molar-refractivity contribution in [3.63, 3.8) is 0 Å². The molecule has 0 unspecified atom stereocenters. The summed E-state index contributed by atoms with van der Waals surface area (Å²) < 4.78 is 11.3. The van der Waals surface area contributed by atoms with Crippen molar-refractivity contribution in [2.75, 3.05) is 31.2 Å². The zero-order chi connectivity index (χ0) is 20.1. The normalized spacial score (nSPS) is 26.2. The summed E-state index contributed by atoms with van der Waals surface area (Å²) >= 11 is 0. The molecule has 1 saturated carbocycles. The van der Waals surface area contributed by atoms with Gasteiger partial charge in [0, 0.05) is 24.6 Å². The first kappa shape index (κ1) is 17.8. The van der Waals surface area contributed by atoms with Crippen LogP contribution in [-0.4, -0.2) is 52.2 Å². The van der Waals surface area contributed by atoms with Gasteiger partial charge < -0.3 is 19.4 Å². The van der Waals surface area contributed by atoms with Crippen molar-refractivity contribution in [2.24, 2.45) is 0 Å². The summed E-state index contributed by atoms with van der Waals surface area (Å²) in [7, 11) is 0. The van der Waals surface area contributed by atoms with E-state index in [9.17, 15) is 4.79 Å². The van der Waals surface area contributed by atoms with Crippen LogP contribution in [0, 0.1) is 0 Å².